The van der Waals surface area contributed by atoms with E-state index in [0.717, 1.165) is 5.56 Å². The number of aryl methyl sites for hydroxylation is 2. The maximum atomic E-state index is 14.1. The first-order valence-electron chi connectivity index (χ1n) is 13.1. The summed E-state index contributed by atoms with van der Waals surface area (Å²) in [6.45, 7) is 9.29. The van der Waals surface area contributed by atoms with E-state index in [1.807, 2.05) is 45.9 Å². The van der Waals surface area contributed by atoms with Gasteiger partial charge in [0.25, 0.3) is 0 Å². The topological polar surface area (TPSA) is 123 Å². The Morgan fingerprint density at radius 2 is 1.75 bits per heavy atom. The molecule has 10 heteroatoms. The van der Waals surface area contributed by atoms with Crippen LogP contribution in [0.2, 0.25) is 0 Å². The van der Waals surface area contributed by atoms with Crippen molar-refractivity contribution in [1.29, 1.82) is 0 Å². The average Bonchev–Trinajstić information content (AvgIpc) is 3.32. The van der Waals surface area contributed by atoms with Gasteiger partial charge in [-0.2, -0.15) is 0 Å². The number of rotatable bonds is 11. The van der Waals surface area contributed by atoms with Crippen LogP contribution in [-0.2, 0) is 20.8 Å². The number of carbonyl (C=O) groups is 3. The maximum Gasteiger partial charge on any atom is 0.248 e. The third-order valence-electron chi connectivity index (χ3n) is 6.09. The standard InChI is InChI=1S/C30H38N4O6/c1-8-20-12-9-10-14-22(20)34(26(36)17-16-25(35)31-24-18-19(2)40-33-24)27(29(37)32-30(3,4)5)21-13-11-15-23(38-6)28(21)39-7/h9-15,18,27H,8,16-17H2,1-7H3,(H,32,37)(H,31,33,35). The number of ether oxygens (including phenoxy) is 2. The number of methoxy groups -OCH3 is 2. The van der Waals surface area contributed by atoms with E-state index >= 15 is 0 Å². The van der Waals surface area contributed by atoms with Crippen molar-refractivity contribution < 1.29 is 28.4 Å². The molecule has 0 radical (unpaired) electrons. The molecule has 10 nitrogen and oxygen atoms in total. The number of para-hydroxylation sites is 2. The van der Waals surface area contributed by atoms with Crippen LogP contribution in [0, 0.1) is 6.92 Å². The zero-order valence-corrected chi connectivity index (χ0v) is 24.2. The fourth-order valence-corrected chi connectivity index (χ4v) is 4.40. The van der Waals surface area contributed by atoms with Gasteiger partial charge in [-0.05, 0) is 51.8 Å². The molecular weight excluding hydrogens is 512 g/mol. The van der Waals surface area contributed by atoms with Gasteiger partial charge in [0.05, 0.1) is 14.2 Å². The fraction of sp³-hybridized carbons (Fsp3) is 0.400. The molecule has 0 saturated heterocycles. The normalized spacial score (nSPS) is 11.9. The summed E-state index contributed by atoms with van der Waals surface area (Å²) in [5.41, 5.74) is 1.30. The van der Waals surface area contributed by atoms with Crippen molar-refractivity contribution in [2.24, 2.45) is 0 Å². The van der Waals surface area contributed by atoms with Crippen LogP contribution in [0.25, 0.3) is 0 Å². The lowest BCUT2D eigenvalue weighted by Crippen LogP contribution is -2.50. The minimum Gasteiger partial charge on any atom is -0.493 e. The van der Waals surface area contributed by atoms with E-state index in [1.165, 1.54) is 19.1 Å². The van der Waals surface area contributed by atoms with E-state index in [1.54, 1.807) is 37.3 Å². The Bertz CT molecular complexity index is 1340. The zero-order chi connectivity index (χ0) is 29.4. The maximum absolute atomic E-state index is 14.1. The lowest BCUT2D eigenvalue weighted by atomic mass is 9.97. The summed E-state index contributed by atoms with van der Waals surface area (Å²) in [6, 6.07) is 13.1. The molecule has 2 N–H and O–H groups in total. The van der Waals surface area contributed by atoms with Gasteiger partial charge in [-0.3, -0.25) is 19.3 Å². The second-order valence-corrected chi connectivity index (χ2v) is 10.3. The molecule has 0 saturated carbocycles. The van der Waals surface area contributed by atoms with Crippen LogP contribution in [0.4, 0.5) is 11.5 Å². The summed E-state index contributed by atoms with van der Waals surface area (Å²) in [6.07, 6.45) is 0.333. The van der Waals surface area contributed by atoms with E-state index in [2.05, 4.69) is 15.8 Å². The molecule has 0 aliphatic heterocycles. The monoisotopic (exact) mass is 550 g/mol. The number of hydrogen-bond donors (Lipinski definition) is 2. The van der Waals surface area contributed by atoms with Gasteiger partial charge in [0.15, 0.2) is 17.3 Å². The van der Waals surface area contributed by atoms with Gasteiger partial charge in [-0.25, -0.2) is 0 Å². The van der Waals surface area contributed by atoms with E-state index in [-0.39, 0.29) is 18.7 Å². The highest BCUT2D eigenvalue weighted by Crippen LogP contribution is 2.40. The first-order valence-corrected chi connectivity index (χ1v) is 13.1. The predicted molar refractivity (Wildman–Crippen MR) is 153 cm³/mol. The van der Waals surface area contributed by atoms with Crippen molar-refractivity contribution in [3.05, 3.63) is 65.4 Å². The highest BCUT2D eigenvalue weighted by molar-refractivity contribution is 6.04. The van der Waals surface area contributed by atoms with Gasteiger partial charge in [-0.1, -0.05) is 42.4 Å². The molecule has 0 fully saturated rings. The molecule has 40 heavy (non-hydrogen) atoms. The van der Waals surface area contributed by atoms with E-state index < -0.39 is 29.3 Å². The Morgan fingerprint density at radius 3 is 2.35 bits per heavy atom. The van der Waals surface area contributed by atoms with E-state index in [0.29, 0.717) is 34.9 Å². The molecular formula is C30H38N4O6. The third-order valence-corrected chi connectivity index (χ3v) is 6.09. The van der Waals surface area contributed by atoms with Crippen LogP contribution in [-0.4, -0.2) is 42.6 Å². The van der Waals surface area contributed by atoms with Crippen molar-refractivity contribution in [2.75, 3.05) is 24.4 Å². The van der Waals surface area contributed by atoms with Crippen molar-refractivity contribution in [3.8, 4) is 11.5 Å². The number of anilines is 2. The number of benzene rings is 2. The molecule has 0 aliphatic rings. The molecule has 0 aliphatic carbocycles. The van der Waals surface area contributed by atoms with Crippen LogP contribution in [0.5, 0.6) is 11.5 Å². The lowest BCUT2D eigenvalue weighted by Gasteiger charge is -2.35. The minimum atomic E-state index is -1.12. The molecule has 3 amide bonds. The Hall–Kier alpha value is -4.34. The van der Waals surface area contributed by atoms with Crippen LogP contribution in [0.15, 0.2) is 53.1 Å². The molecule has 214 valence electrons. The summed E-state index contributed by atoms with van der Waals surface area (Å²) in [5, 5.41) is 9.43. The third kappa shape index (κ3) is 7.40. The average molecular weight is 551 g/mol. The SMILES string of the molecule is CCc1ccccc1N(C(=O)CCC(=O)Nc1cc(C)on1)C(C(=O)NC(C)(C)C)c1cccc(OC)c1OC. The number of aromatic nitrogens is 1. The van der Waals surface area contributed by atoms with Gasteiger partial charge < -0.3 is 24.6 Å². The molecule has 1 unspecified atom stereocenters. The van der Waals surface area contributed by atoms with Crippen molar-refractivity contribution in [2.45, 2.75) is 65.5 Å². The second-order valence-electron chi connectivity index (χ2n) is 10.3. The van der Waals surface area contributed by atoms with Gasteiger partial charge >= 0.3 is 0 Å². The quantitative estimate of drug-likeness (QED) is 0.346. The highest BCUT2D eigenvalue weighted by atomic mass is 16.5. The molecule has 1 atom stereocenters. The first-order chi connectivity index (χ1) is 19.0. The van der Waals surface area contributed by atoms with Crippen molar-refractivity contribution >= 4 is 29.2 Å². The van der Waals surface area contributed by atoms with E-state index in [4.69, 9.17) is 14.0 Å². The second kappa shape index (κ2) is 13.1. The highest BCUT2D eigenvalue weighted by Gasteiger charge is 2.37. The number of hydrogen-bond acceptors (Lipinski definition) is 7. The minimum absolute atomic E-state index is 0.127. The number of nitrogens with one attached hydrogen (secondary N) is 2. The fourth-order valence-electron chi connectivity index (χ4n) is 4.40. The zero-order valence-electron chi connectivity index (χ0n) is 24.2. The number of nitrogens with zero attached hydrogens (tertiary/aromatic N) is 2. The molecule has 3 rings (SSSR count). The number of carbonyl (C=O) groups excluding carboxylic acids is 3. The molecule has 0 spiro atoms. The first kappa shape index (κ1) is 30.2. The van der Waals surface area contributed by atoms with Gasteiger partial charge in [-0.15, -0.1) is 0 Å². The summed E-state index contributed by atoms with van der Waals surface area (Å²) in [7, 11) is 3.00. The summed E-state index contributed by atoms with van der Waals surface area (Å²) in [5.74, 6) is 0.365. The van der Waals surface area contributed by atoms with Crippen LogP contribution in [0.1, 0.15) is 63.5 Å². The molecule has 0 bridgehead atoms. The molecule has 3 aromatic rings. The van der Waals surface area contributed by atoms with Gasteiger partial charge in [0.2, 0.25) is 17.7 Å². The Labute approximate surface area is 235 Å². The van der Waals surface area contributed by atoms with Crippen LogP contribution in [0.3, 0.4) is 0 Å². The van der Waals surface area contributed by atoms with Gasteiger partial charge in [0.1, 0.15) is 11.8 Å². The largest absolute Gasteiger partial charge is 0.493 e. The summed E-state index contributed by atoms with van der Waals surface area (Å²) < 4.78 is 16.2. The molecule has 1 heterocycles. The summed E-state index contributed by atoms with van der Waals surface area (Å²) >= 11 is 0. The molecule has 1 aromatic heterocycles. The van der Waals surface area contributed by atoms with Gasteiger partial charge in [0, 0.05) is 35.7 Å². The Morgan fingerprint density at radius 1 is 1.02 bits per heavy atom. The Balaban J connectivity index is 2.10. The smallest absolute Gasteiger partial charge is 0.248 e. The lowest BCUT2D eigenvalue weighted by molar-refractivity contribution is -0.128. The van der Waals surface area contributed by atoms with Crippen LogP contribution < -0.4 is 25.0 Å². The van der Waals surface area contributed by atoms with Crippen molar-refractivity contribution in [3.63, 3.8) is 0 Å². The van der Waals surface area contributed by atoms with E-state index in [9.17, 15) is 14.4 Å². The van der Waals surface area contributed by atoms with Crippen molar-refractivity contribution in [1.82, 2.24) is 10.5 Å². The molecule has 2 aromatic carbocycles. The Kier molecular flexibility index (Phi) is 9.93. The number of amides is 3. The predicted octanol–water partition coefficient (Wildman–Crippen LogP) is 4.97. The summed E-state index contributed by atoms with van der Waals surface area (Å²) in [4.78, 5) is 42.2. The van der Waals surface area contributed by atoms with Crippen LogP contribution >= 0.6 is 0 Å².